The van der Waals surface area contributed by atoms with Crippen LogP contribution in [0.1, 0.15) is 24.0 Å². The minimum Gasteiger partial charge on any atom is -0.204 e. The van der Waals surface area contributed by atoms with Gasteiger partial charge in [0.1, 0.15) is 0 Å². The van der Waals surface area contributed by atoms with Gasteiger partial charge in [-0.3, -0.25) is 0 Å². The van der Waals surface area contributed by atoms with Gasteiger partial charge in [-0.25, -0.2) is 5.01 Å². The number of hydrogen-bond donors (Lipinski definition) is 0. The molecule has 0 atom stereocenters. The summed E-state index contributed by atoms with van der Waals surface area (Å²) in [7, 11) is 0. The van der Waals surface area contributed by atoms with E-state index in [1.165, 1.54) is 16.1 Å². The predicted molar refractivity (Wildman–Crippen MR) is 68.4 cm³/mol. The number of nitrogens with zero attached hydrogens (tertiary/aromatic N) is 2. The molecule has 1 aliphatic carbocycles. The Hall–Kier alpha value is -2.16. The molecule has 3 nitrogen and oxygen atoms in total. The van der Waals surface area contributed by atoms with E-state index in [-0.39, 0.29) is 0 Å². The zero-order chi connectivity index (χ0) is 11.7. The van der Waals surface area contributed by atoms with Gasteiger partial charge in [0.15, 0.2) is 0 Å². The van der Waals surface area contributed by atoms with Crippen molar-refractivity contribution in [2.75, 3.05) is 0 Å². The molecule has 0 unspecified atom stereocenters. The van der Waals surface area contributed by atoms with Gasteiger partial charge in [-0.05, 0) is 41.7 Å². The molecular formula is C14H12N2O. The summed E-state index contributed by atoms with van der Waals surface area (Å²) >= 11 is 0. The van der Waals surface area contributed by atoms with Gasteiger partial charge in [0.05, 0.1) is 11.0 Å². The first-order chi connectivity index (χ1) is 8.40. The van der Waals surface area contributed by atoms with Gasteiger partial charge < -0.3 is 0 Å². The molecule has 1 aromatic rings. The quantitative estimate of drug-likeness (QED) is 0.681. The Morgan fingerprint density at radius 2 is 2.06 bits per heavy atom. The lowest BCUT2D eigenvalue weighted by atomic mass is 9.92. The molecule has 0 saturated heterocycles. The van der Waals surface area contributed by atoms with Crippen molar-refractivity contribution < 1.29 is 0 Å². The minimum absolute atomic E-state index is 0.896. The van der Waals surface area contributed by atoms with Gasteiger partial charge in [0.2, 0.25) is 0 Å². The largest absolute Gasteiger partial charge is 0.204 e. The molecule has 0 saturated carbocycles. The van der Waals surface area contributed by atoms with Crippen LogP contribution in [0, 0.1) is 4.91 Å². The molecule has 1 heterocycles. The topological polar surface area (TPSA) is 32.7 Å². The maximum absolute atomic E-state index is 10.9. The lowest BCUT2D eigenvalue weighted by molar-refractivity contribution is 0.509. The first-order valence-electron chi connectivity index (χ1n) is 5.70. The van der Waals surface area contributed by atoms with E-state index < -0.39 is 0 Å². The number of nitroso groups, excluding NO2 is 1. The fourth-order valence-electron chi connectivity index (χ4n) is 2.36. The second-order valence-corrected chi connectivity index (χ2v) is 4.13. The second kappa shape index (κ2) is 4.01. The molecule has 0 amide bonds. The summed E-state index contributed by atoms with van der Waals surface area (Å²) < 4.78 is 0. The molecule has 3 heteroatoms. The molecule has 0 fully saturated rings. The van der Waals surface area contributed by atoms with Gasteiger partial charge in [0.25, 0.3) is 0 Å². The Morgan fingerprint density at radius 3 is 2.94 bits per heavy atom. The highest BCUT2D eigenvalue weighted by molar-refractivity contribution is 5.79. The van der Waals surface area contributed by atoms with E-state index in [1.54, 1.807) is 6.20 Å². The molecule has 3 rings (SSSR count). The Balaban J connectivity index is 2.26. The summed E-state index contributed by atoms with van der Waals surface area (Å²) in [5.41, 5.74) is 4.44. The van der Waals surface area contributed by atoms with Crippen LogP contribution in [0.4, 0.5) is 0 Å². The van der Waals surface area contributed by atoms with Crippen molar-refractivity contribution in [3.05, 3.63) is 64.3 Å². The Morgan fingerprint density at radius 1 is 1.18 bits per heavy atom. The van der Waals surface area contributed by atoms with Crippen LogP contribution in [0.3, 0.4) is 0 Å². The SMILES string of the molecule is O=NN1C=Cc2ccccc2C2=C1C=CCC2. The third-order valence-corrected chi connectivity index (χ3v) is 3.16. The van der Waals surface area contributed by atoms with Gasteiger partial charge in [-0.2, -0.15) is 0 Å². The molecular weight excluding hydrogens is 212 g/mol. The summed E-state index contributed by atoms with van der Waals surface area (Å²) in [5.74, 6) is 0. The van der Waals surface area contributed by atoms with Crippen molar-refractivity contribution >= 4 is 11.6 Å². The van der Waals surface area contributed by atoms with Crippen molar-refractivity contribution in [1.29, 1.82) is 0 Å². The highest BCUT2D eigenvalue weighted by Gasteiger charge is 2.19. The summed E-state index contributed by atoms with van der Waals surface area (Å²) in [4.78, 5) is 10.9. The van der Waals surface area contributed by atoms with E-state index in [1.807, 2.05) is 24.3 Å². The van der Waals surface area contributed by atoms with E-state index in [9.17, 15) is 4.91 Å². The first kappa shape index (κ1) is 10.0. The standard InChI is InChI=1S/C14H12N2O/c17-15-16-10-9-11-5-1-2-6-12(11)13-7-3-4-8-14(13)16/h1-2,4-6,8-10H,3,7H2. The zero-order valence-electron chi connectivity index (χ0n) is 9.34. The van der Waals surface area contributed by atoms with Crippen molar-refractivity contribution in [2.45, 2.75) is 12.8 Å². The number of rotatable bonds is 1. The maximum Gasteiger partial charge on any atom is 0.0713 e. The molecule has 0 aromatic heterocycles. The van der Waals surface area contributed by atoms with Crippen LogP contribution in [0.15, 0.2) is 53.6 Å². The molecule has 0 N–H and O–H groups in total. The number of hydrogen-bond acceptors (Lipinski definition) is 2. The Bertz CT molecular complexity index is 555. The van der Waals surface area contributed by atoms with Gasteiger partial charge in [-0.1, -0.05) is 30.3 Å². The first-order valence-corrected chi connectivity index (χ1v) is 5.70. The van der Waals surface area contributed by atoms with E-state index in [0.717, 1.165) is 24.1 Å². The van der Waals surface area contributed by atoms with E-state index >= 15 is 0 Å². The van der Waals surface area contributed by atoms with Gasteiger partial charge in [0, 0.05) is 6.20 Å². The molecule has 0 bridgehead atoms. The number of benzene rings is 1. The monoisotopic (exact) mass is 224 g/mol. The molecule has 17 heavy (non-hydrogen) atoms. The van der Waals surface area contributed by atoms with E-state index in [2.05, 4.69) is 23.5 Å². The average Bonchev–Trinajstić information content (AvgIpc) is 2.56. The van der Waals surface area contributed by atoms with Crippen LogP contribution < -0.4 is 0 Å². The normalized spacial score (nSPS) is 17.5. The molecule has 2 aliphatic rings. The van der Waals surface area contributed by atoms with Gasteiger partial charge in [-0.15, -0.1) is 4.91 Å². The molecule has 84 valence electrons. The van der Waals surface area contributed by atoms with Crippen LogP contribution in [0.5, 0.6) is 0 Å². The predicted octanol–water partition coefficient (Wildman–Crippen LogP) is 3.72. The maximum atomic E-state index is 10.9. The highest BCUT2D eigenvalue weighted by Crippen LogP contribution is 2.35. The van der Waals surface area contributed by atoms with E-state index in [0.29, 0.717) is 0 Å². The van der Waals surface area contributed by atoms with Crippen LogP contribution >= 0.6 is 0 Å². The zero-order valence-corrected chi connectivity index (χ0v) is 9.34. The third kappa shape index (κ3) is 1.60. The van der Waals surface area contributed by atoms with Crippen LogP contribution in [0.2, 0.25) is 0 Å². The lowest BCUT2D eigenvalue weighted by Crippen LogP contribution is -2.09. The number of fused-ring (bicyclic) bond motifs is 2. The van der Waals surface area contributed by atoms with Crippen LogP contribution in [-0.4, -0.2) is 5.01 Å². The third-order valence-electron chi connectivity index (χ3n) is 3.16. The molecule has 1 aromatic carbocycles. The van der Waals surface area contributed by atoms with Crippen molar-refractivity contribution in [2.24, 2.45) is 5.29 Å². The van der Waals surface area contributed by atoms with Crippen molar-refractivity contribution in [1.82, 2.24) is 5.01 Å². The van der Waals surface area contributed by atoms with Gasteiger partial charge >= 0.3 is 0 Å². The molecule has 0 radical (unpaired) electrons. The molecule has 1 aliphatic heterocycles. The fourth-order valence-corrected chi connectivity index (χ4v) is 2.36. The molecule has 0 spiro atoms. The second-order valence-electron chi connectivity index (χ2n) is 4.13. The Labute approximate surface area is 99.7 Å². The number of allylic oxidation sites excluding steroid dienone is 3. The highest BCUT2D eigenvalue weighted by atomic mass is 16.3. The van der Waals surface area contributed by atoms with Crippen LogP contribution in [-0.2, 0) is 0 Å². The smallest absolute Gasteiger partial charge is 0.0713 e. The summed E-state index contributed by atoms with van der Waals surface area (Å²) in [5, 5.41) is 4.47. The summed E-state index contributed by atoms with van der Waals surface area (Å²) in [6, 6.07) is 8.19. The lowest BCUT2D eigenvalue weighted by Gasteiger charge is -2.19. The Kier molecular flexibility index (Phi) is 2.37. The fraction of sp³-hybridized carbons (Fsp3) is 0.143. The minimum atomic E-state index is 0.896. The van der Waals surface area contributed by atoms with Crippen molar-refractivity contribution in [3.8, 4) is 0 Å². The van der Waals surface area contributed by atoms with Crippen LogP contribution in [0.25, 0.3) is 11.6 Å². The van der Waals surface area contributed by atoms with E-state index in [4.69, 9.17) is 0 Å². The summed E-state index contributed by atoms with van der Waals surface area (Å²) in [6.07, 6.45) is 9.69. The average molecular weight is 224 g/mol. The van der Waals surface area contributed by atoms with Crippen molar-refractivity contribution in [3.63, 3.8) is 0 Å². The summed E-state index contributed by atoms with van der Waals surface area (Å²) in [6.45, 7) is 0.